The second-order valence-electron chi connectivity index (χ2n) is 8.89. The molecule has 0 unspecified atom stereocenters. The van der Waals surface area contributed by atoms with Crippen molar-refractivity contribution in [1.82, 2.24) is 14.9 Å². The first-order valence-corrected chi connectivity index (χ1v) is 13.0. The van der Waals surface area contributed by atoms with Crippen molar-refractivity contribution in [2.24, 2.45) is 11.8 Å². The number of likely N-dealkylation sites (tertiary alicyclic amines) is 1. The number of hydrogen-bond acceptors (Lipinski definition) is 6. The molecule has 2 amide bonds. The van der Waals surface area contributed by atoms with Gasteiger partial charge in [0.05, 0.1) is 11.3 Å². The minimum absolute atomic E-state index is 0.0638. The Labute approximate surface area is 204 Å². The largest absolute Gasteiger partial charge is 0.481 e. The van der Waals surface area contributed by atoms with Crippen LogP contribution in [0.3, 0.4) is 0 Å². The number of nitrogens with zero attached hydrogens (tertiary/aromatic N) is 1. The highest BCUT2D eigenvalue weighted by Gasteiger charge is 2.36. The van der Waals surface area contributed by atoms with Gasteiger partial charge in [-0.15, -0.1) is 0 Å². The average Bonchev–Trinajstić information content (AvgIpc) is 2.81. The Bertz CT molecular complexity index is 1030. The SMILES string of the molecule is CC[C@H](C)[C@H](NS(=O)(=O)c1ccc(C)cc1)C(=O)N1CCC(C(=O)N[C@@H](CC(=O)O)C(=O)O)CC1. The molecular formula is C23H33N3O8S. The van der Waals surface area contributed by atoms with Gasteiger partial charge in [0, 0.05) is 19.0 Å². The van der Waals surface area contributed by atoms with Crippen molar-refractivity contribution in [1.29, 1.82) is 0 Å². The van der Waals surface area contributed by atoms with Crippen LogP contribution >= 0.6 is 0 Å². The number of piperidine rings is 1. The van der Waals surface area contributed by atoms with Crippen LogP contribution in [0, 0.1) is 18.8 Å². The van der Waals surface area contributed by atoms with E-state index in [1.165, 1.54) is 17.0 Å². The van der Waals surface area contributed by atoms with E-state index in [-0.39, 0.29) is 42.7 Å². The first-order valence-electron chi connectivity index (χ1n) is 11.5. The predicted molar refractivity (Wildman–Crippen MR) is 126 cm³/mol. The Morgan fingerprint density at radius 1 is 1.09 bits per heavy atom. The van der Waals surface area contributed by atoms with Crippen LogP contribution in [0.15, 0.2) is 29.2 Å². The van der Waals surface area contributed by atoms with E-state index in [0.717, 1.165) is 5.56 Å². The molecule has 0 bridgehead atoms. The number of rotatable bonds is 11. The van der Waals surface area contributed by atoms with E-state index in [1.54, 1.807) is 19.1 Å². The third kappa shape index (κ3) is 7.76. The van der Waals surface area contributed by atoms with Crippen molar-refractivity contribution in [3.63, 3.8) is 0 Å². The average molecular weight is 512 g/mol. The molecule has 1 saturated heterocycles. The smallest absolute Gasteiger partial charge is 0.326 e. The number of carboxylic acids is 2. The monoisotopic (exact) mass is 511 g/mol. The second-order valence-corrected chi connectivity index (χ2v) is 10.6. The third-order valence-electron chi connectivity index (χ3n) is 6.26. The molecule has 0 aliphatic carbocycles. The summed E-state index contributed by atoms with van der Waals surface area (Å²) < 4.78 is 28.4. The number of sulfonamides is 1. The van der Waals surface area contributed by atoms with Gasteiger partial charge in [0.25, 0.3) is 0 Å². The van der Waals surface area contributed by atoms with Crippen molar-refractivity contribution >= 4 is 33.8 Å². The highest BCUT2D eigenvalue weighted by atomic mass is 32.2. The summed E-state index contributed by atoms with van der Waals surface area (Å²) >= 11 is 0. The van der Waals surface area contributed by atoms with Gasteiger partial charge in [-0.25, -0.2) is 13.2 Å². The molecule has 1 aliphatic rings. The number of carboxylic acid groups (broad SMARTS) is 2. The first-order chi connectivity index (χ1) is 16.4. The molecule has 1 fully saturated rings. The van der Waals surface area contributed by atoms with Crippen LogP contribution in [0.5, 0.6) is 0 Å². The van der Waals surface area contributed by atoms with Crippen molar-refractivity contribution in [2.45, 2.75) is 63.4 Å². The zero-order chi connectivity index (χ0) is 26.3. The molecule has 1 aliphatic heterocycles. The van der Waals surface area contributed by atoms with Gasteiger partial charge in [-0.3, -0.25) is 14.4 Å². The fraction of sp³-hybridized carbons (Fsp3) is 0.565. The lowest BCUT2D eigenvalue weighted by atomic mass is 9.93. The normalized spacial score (nSPS) is 17.3. The van der Waals surface area contributed by atoms with E-state index < -0.39 is 52.3 Å². The summed E-state index contributed by atoms with van der Waals surface area (Å²) in [7, 11) is -3.94. The van der Waals surface area contributed by atoms with Crippen molar-refractivity contribution in [3.8, 4) is 0 Å². The molecule has 1 heterocycles. The third-order valence-corrected chi connectivity index (χ3v) is 7.72. The zero-order valence-electron chi connectivity index (χ0n) is 20.1. The number of carbonyl (C=O) groups is 4. The molecule has 0 aromatic heterocycles. The van der Waals surface area contributed by atoms with Gasteiger partial charge < -0.3 is 20.4 Å². The molecule has 0 saturated carbocycles. The van der Waals surface area contributed by atoms with Crippen LogP contribution in [0.25, 0.3) is 0 Å². The van der Waals surface area contributed by atoms with Gasteiger partial charge in [0.15, 0.2) is 0 Å². The fourth-order valence-corrected chi connectivity index (χ4v) is 5.12. The molecular weight excluding hydrogens is 478 g/mol. The molecule has 11 nitrogen and oxygen atoms in total. The molecule has 194 valence electrons. The van der Waals surface area contributed by atoms with Crippen LogP contribution in [-0.2, 0) is 29.2 Å². The zero-order valence-corrected chi connectivity index (χ0v) is 20.9. The molecule has 0 spiro atoms. The van der Waals surface area contributed by atoms with Gasteiger partial charge in [0.1, 0.15) is 12.1 Å². The number of hydrogen-bond donors (Lipinski definition) is 4. The summed E-state index contributed by atoms with van der Waals surface area (Å²) in [6.07, 6.45) is 0.311. The molecule has 3 atom stereocenters. The highest BCUT2D eigenvalue weighted by Crippen LogP contribution is 2.22. The van der Waals surface area contributed by atoms with Gasteiger partial charge >= 0.3 is 11.9 Å². The van der Waals surface area contributed by atoms with Crippen molar-refractivity contribution in [2.75, 3.05) is 13.1 Å². The number of aryl methyl sites for hydroxylation is 1. The molecule has 12 heteroatoms. The van der Waals surface area contributed by atoms with Gasteiger partial charge in [-0.05, 0) is 37.8 Å². The van der Waals surface area contributed by atoms with Crippen LogP contribution in [0.4, 0.5) is 0 Å². The maximum Gasteiger partial charge on any atom is 0.326 e. The summed E-state index contributed by atoms with van der Waals surface area (Å²) in [6.45, 7) is 5.86. The van der Waals surface area contributed by atoms with E-state index in [1.807, 2.05) is 13.8 Å². The van der Waals surface area contributed by atoms with Crippen LogP contribution < -0.4 is 10.0 Å². The van der Waals surface area contributed by atoms with Crippen molar-refractivity contribution in [3.05, 3.63) is 29.8 Å². The lowest BCUT2D eigenvalue weighted by Gasteiger charge is -2.35. The Kier molecular flexibility index (Phi) is 9.78. The summed E-state index contributed by atoms with van der Waals surface area (Å²) in [5.74, 6) is -4.61. The second kappa shape index (κ2) is 12.1. The molecule has 0 radical (unpaired) electrons. The Hall–Kier alpha value is -2.99. The number of amides is 2. The molecule has 1 aromatic carbocycles. The topological polar surface area (TPSA) is 170 Å². The number of benzene rings is 1. The van der Waals surface area contributed by atoms with E-state index >= 15 is 0 Å². The van der Waals surface area contributed by atoms with Crippen molar-refractivity contribution < 1.29 is 37.8 Å². The van der Waals surface area contributed by atoms with E-state index in [0.29, 0.717) is 6.42 Å². The molecule has 4 N–H and O–H groups in total. The maximum absolute atomic E-state index is 13.3. The summed E-state index contributed by atoms with van der Waals surface area (Å²) in [5, 5.41) is 20.2. The maximum atomic E-state index is 13.3. The summed E-state index contributed by atoms with van der Waals surface area (Å²) in [4.78, 5) is 49.4. The lowest BCUT2D eigenvalue weighted by molar-refractivity contribution is -0.148. The lowest BCUT2D eigenvalue weighted by Crippen LogP contribution is -2.54. The molecule has 35 heavy (non-hydrogen) atoms. The number of nitrogens with one attached hydrogen (secondary N) is 2. The van der Waals surface area contributed by atoms with Crippen LogP contribution in [-0.4, -0.2) is 72.5 Å². The Balaban J connectivity index is 2.05. The first kappa shape index (κ1) is 28.2. The standard InChI is InChI=1S/C23H33N3O8S/c1-4-15(3)20(25-35(33,34)17-7-5-14(2)6-8-17)22(30)26-11-9-16(10-12-26)21(29)24-18(23(31)32)13-19(27)28/h5-8,15-16,18,20,25H,4,9-13H2,1-3H3,(H,24,29)(H,27,28)(H,31,32)/t15-,18-,20-/m0/s1. The number of carbonyl (C=O) groups excluding carboxylic acids is 2. The van der Waals surface area contributed by atoms with E-state index in [9.17, 15) is 27.6 Å². The van der Waals surface area contributed by atoms with E-state index in [4.69, 9.17) is 10.2 Å². The van der Waals surface area contributed by atoms with E-state index in [2.05, 4.69) is 10.0 Å². The van der Waals surface area contributed by atoms with Crippen LogP contribution in [0.2, 0.25) is 0 Å². The van der Waals surface area contributed by atoms with Gasteiger partial charge in [-0.1, -0.05) is 38.0 Å². The molecule has 1 aromatic rings. The summed E-state index contributed by atoms with van der Waals surface area (Å²) in [5.41, 5.74) is 0.906. The van der Waals surface area contributed by atoms with Gasteiger partial charge in [-0.2, -0.15) is 4.72 Å². The quantitative estimate of drug-likeness (QED) is 0.340. The number of aliphatic carboxylic acids is 2. The summed E-state index contributed by atoms with van der Waals surface area (Å²) in [6, 6.07) is 3.80. The minimum atomic E-state index is -3.94. The van der Waals surface area contributed by atoms with Crippen LogP contribution in [0.1, 0.15) is 45.1 Å². The predicted octanol–water partition coefficient (Wildman–Crippen LogP) is 0.971. The minimum Gasteiger partial charge on any atom is -0.481 e. The fourth-order valence-electron chi connectivity index (χ4n) is 3.82. The highest BCUT2D eigenvalue weighted by molar-refractivity contribution is 7.89. The Morgan fingerprint density at radius 3 is 2.14 bits per heavy atom. The van der Waals surface area contributed by atoms with Gasteiger partial charge in [0.2, 0.25) is 21.8 Å². The molecule has 2 rings (SSSR count). The Morgan fingerprint density at radius 2 is 1.66 bits per heavy atom.